The highest BCUT2D eigenvalue weighted by molar-refractivity contribution is 5.87. The maximum Gasteiger partial charge on any atom is 0.330 e. The average Bonchev–Trinajstić information content (AvgIpc) is 2.35. The van der Waals surface area contributed by atoms with Crippen LogP contribution in [0.3, 0.4) is 0 Å². The first-order valence-electron chi connectivity index (χ1n) is 5.04. The van der Waals surface area contributed by atoms with E-state index in [-0.39, 0.29) is 12.4 Å². The molecule has 0 bridgehead atoms. The summed E-state index contributed by atoms with van der Waals surface area (Å²) in [6.07, 6.45) is 1.67. The fourth-order valence-electron chi connectivity index (χ4n) is 1.03. The van der Waals surface area contributed by atoms with Gasteiger partial charge in [0.25, 0.3) is 0 Å². The summed E-state index contributed by atoms with van der Waals surface area (Å²) >= 11 is 0. The van der Waals surface area contributed by atoms with Gasteiger partial charge in [0.05, 0.1) is 6.61 Å². The lowest BCUT2D eigenvalue weighted by Gasteiger charge is -2.05. The number of hydrogen-bond donors (Lipinski definition) is 3. The van der Waals surface area contributed by atoms with Crippen LogP contribution in [0, 0.1) is 0 Å². The molecule has 0 spiro atoms. The van der Waals surface area contributed by atoms with E-state index in [1.807, 2.05) is 0 Å². The van der Waals surface area contributed by atoms with Crippen molar-refractivity contribution in [2.24, 2.45) is 0 Å². The summed E-state index contributed by atoms with van der Waals surface area (Å²) in [7, 11) is 0. The van der Waals surface area contributed by atoms with Crippen LogP contribution in [0.4, 0.5) is 0 Å². The number of carbonyl (C=O) groups excluding carboxylic acids is 1. The SMILES string of the molecule is O=C(/C=C/c1ccc(O)cc1)OC[C@@H](O)CO. The van der Waals surface area contributed by atoms with Crippen molar-refractivity contribution in [3.63, 3.8) is 0 Å². The van der Waals surface area contributed by atoms with Gasteiger partial charge in [-0.25, -0.2) is 4.79 Å². The number of phenolic OH excluding ortho intramolecular Hbond substituents is 1. The molecule has 1 aromatic carbocycles. The first-order chi connectivity index (χ1) is 8.11. The molecule has 0 radical (unpaired) electrons. The summed E-state index contributed by atoms with van der Waals surface area (Å²) < 4.78 is 4.66. The first kappa shape index (κ1) is 13.2. The summed E-state index contributed by atoms with van der Waals surface area (Å²) in [4.78, 5) is 11.2. The maximum atomic E-state index is 11.2. The minimum atomic E-state index is -1.05. The van der Waals surface area contributed by atoms with E-state index >= 15 is 0 Å². The third kappa shape index (κ3) is 5.14. The summed E-state index contributed by atoms with van der Waals surface area (Å²) in [5.41, 5.74) is 0.738. The summed E-state index contributed by atoms with van der Waals surface area (Å²) in [5.74, 6) is -0.457. The molecule has 0 fully saturated rings. The Morgan fingerprint density at radius 2 is 2.00 bits per heavy atom. The van der Waals surface area contributed by atoms with Gasteiger partial charge < -0.3 is 20.1 Å². The van der Waals surface area contributed by atoms with E-state index in [4.69, 9.17) is 15.3 Å². The molecule has 0 aromatic heterocycles. The molecule has 1 atom stereocenters. The molecule has 0 heterocycles. The van der Waals surface area contributed by atoms with Crippen molar-refractivity contribution in [2.75, 3.05) is 13.2 Å². The van der Waals surface area contributed by atoms with Gasteiger partial charge in [-0.15, -0.1) is 0 Å². The summed E-state index contributed by atoms with van der Waals surface area (Å²) in [6, 6.07) is 6.28. The Bertz CT molecular complexity index is 382. The Morgan fingerprint density at radius 1 is 1.35 bits per heavy atom. The third-order valence-corrected chi connectivity index (χ3v) is 1.93. The van der Waals surface area contributed by atoms with Crippen molar-refractivity contribution in [2.45, 2.75) is 6.10 Å². The number of aliphatic hydroxyl groups is 2. The van der Waals surface area contributed by atoms with Crippen LogP contribution in [0.5, 0.6) is 5.75 Å². The molecular weight excluding hydrogens is 224 g/mol. The van der Waals surface area contributed by atoms with Crippen LogP contribution < -0.4 is 0 Å². The minimum Gasteiger partial charge on any atom is -0.508 e. The molecule has 5 nitrogen and oxygen atoms in total. The van der Waals surface area contributed by atoms with Crippen molar-refractivity contribution < 1.29 is 24.9 Å². The topological polar surface area (TPSA) is 87.0 Å². The van der Waals surface area contributed by atoms with Gasteiger partial charge in [0, 0.05) is 6.08 Å². The number of benzene rings is 1. The quantitative estimate of drug-likeness (QED) is 0.507. The number of rotatable bonds is 5. The van der Waals surface area contributed by atoms with Crippen LogP contribution >= 0.6 is 0 Å². The lowest BCUT2D eigenvalue weighted by molar-refractivity contribution is -0.141. The molecule has 0 aliphatic carbocycles. The number of esters is 1. The first-order valence-corrected chi connectivity index (χ1v) is 5.04. The summed E-state index contributed by atoms with van der Waals surface area (Å²) in [5, 5.41) is 26.5. The van der Waals surface area contributed by atoms with Crippen LogP contribution in [-0.4, -0.2) is 40.6 Å². The van der Waals surface area contributed by atoms with Gasteiger partial charge in [-0.05, 0) is 23.8 Å². The molecule has 0 unspecified atom stereocenters. The van der Waals surface area contributed by atoms with Crippen LogP contribution in [0.1, 0.15) is 5.56 Å². The molecule has 1 rings (SSSR count). The highest BCUT2D eigenvalue weighted by atomic mass is 16.5. The number of aliphatic hydroxyl groups excluding tert-OH is 2. The zero-order valence-corrected chi connectivity index (χ0v) is 9.11. The molecule has 0 amide bonds. The Labute approximate surface area is 98.6 Å². The normalized spacial score (nSPS) is 12.6. The van der Waals surface area contributed by atoms with Crippen LogP contribution in [0.15, 0.2) is 30.3 Å². The number of phenols is 1. The van der Waals surface area contributed by atoms with Crippen molar-refractivity contribution in [1.29, 1.82) is 0 Å². The van der Waals surface area contributed by atoms with Gasteiger partial charge in [0.15, 0.2) is 0 Å². The van der Waals surface area contributed by atoms with E-state index in [0.29, 0.717) is 0 Å². The van der Waals surface area contributed by atoms with E-state index in [1.54, 1.807) is 12.1 Å². The Morgan fingerprint density at radius 3 is 2.59 bits per heavy atom. The van der Waals surface area contributed by atoms with Gasteiger partial charge >= 0.3 is 5.97 Å². The second kappa shape index (κ2) is 6.67. The Hall–Kier alpha value is -1.85. The maximum absolute atomic E-state index is 11.2. The standard InChI is InChI=1S/C12H14O5/c13-7-11(15)8-17-12(16)6-3-9-1-4-10(14)5-2-9/h1-6,11,13-15H,7-8H2/b6-3+/t11-/m0/s1. The Balaban J connectivity index is 2.42. The van der Waals surface area contributed by atoms with E-state index in [0.717, 1.165) is 5.56 Å². The predicted octanol–water partition coefficient (Wildman–Crippen LogP) is 0.302. The molecule has 0 aliphatic rings. The van der Waals surface area contributed by atoms with Gasteiger partial charge in [0.2, 0.25) is 0 Å². The van der Waals surface area contributed by atoms with Crippen LogP contribution in [0.2, 0.25) is 0 Å². The van der Waals surface area contributed by atoms with E-state index in [1.165, 1.54) is 24.3 Å². The average molecular weight is 238 g/mol. The van der Waals surface area contributed by atoms with E-state index in [2.05, 4.69) is 4.74 Å². The van der Waals surface area contributed by atoms with Crippen molar-refractivity contribution in [1.82, 2.24) is 0 Å². The summed E-state index contributed by atoms with van der Waals surface area (Å²) in [6.45, 7) is -0.690. The fraction of sp³-hybridized carbons (Fsp3) is 0.250. The molecule has 17 heavy (non-hydrogen) atoms. The van der Waals surface area contributed by atoms with Crippen molar-refractivity contribution in [3.05, 3.63) is 35.9 Å². The van der Waals surface area contributed by atoms with Gasteiger partial charge in [-0.3, -0.25) is 0 Å². The van der Waals surface area contributed by atoms with E-state index in [9.17, 15) is 4.79 Å². The molecule has 0 aliphatic heterocycles. The molecule has 3 N–H and O–H groups in total. The van der Waals surface area contributed by atoms with Crippen LogP contribution in [-0.2, 0) is 9.53 Å². The monoisotopic (exact) mass is 238 g/mol. The number of aromatic hydroxyl groups is 1. The van der Waals surface area contributed by atoms with E-state index < -0.39 is 18.7 Å². The highest BCUT2D eigenvalue weighted by Gasteiger charge is 2.04. The number of ether oxygens (including phenoxy) is 1. The van der Waals surface area contributed by atoms with Gasteiger partial charge in [0.1, 0.15) is 18.5 Å². The molecular formula is C12H14O5. The third-order valence-electron chi connectivity index (χ3n) is 1.93. The largest absolute Gasteiger partial charge is 0.508 e. The molecule has 0 saturated carbocycles. The lowest BCUT2D eigenvalue weighted by atomic mass is 10.2. The van der Waals surface area contributed by atoms with Gasteiger partial charge in [-0.1, -0.05) is 12.1 Å². The van der Waals surface area contributed by atoms with Crippen molar-refractivity contribution in [3.8, 4) is 5.75 Å². The number of hydrogen-bond acceptors (Lipinski definition) is 5. The minimum absolute atomic E-state index is 0.149. The van der Waals surface area contributed by atoms with Gasteiger partial charge in [-0.2, -0.15) is 0 Å². The molecule has 0 saturated heterocycles. The smallest absolute Gasteiger partial charge is 0.330 e. The molecule has 5 heteroatoms. The second-order valence-corrected chi connectivity index (χ2v) is 3.39. The molecule has 92 valence electrons. The zero-order valence-electron chi connectivity index (χ0n) is 9.11. The second-order valence-electron chi connectivity index (χ2n) is 3.39. The lowest BCUT2D eigenvalue weighted by Crippen LogP contribution is -2.21. The molecule has 1 aromatic rings. The highest BCUT2D eigenvalue weighted by Crippen LogP contribution is 2.10. The predicted molar refractivity (Wildman–Crippen MR) is 61.2 cm³/mol. The fourth-order valence-corrected chi connectivity index (χ4v) is 1.03. The zero-order chi connectivity index (χ0) is 12.7. The Kier molecular flexibility index (Phi) is 5.19. The van der Waals surface area contributed by atoms with Crippen molar-refractivity contribution >= 4 is 12.0 Å². The van der Waals surface area contributed by atoms with Crippen LogP contribution in [0.25, 0.3) is 6.08 Å². The number of carbonyl (C=O) groups is 1.